The van der Waals surface area contributed by atoms with E-state index in [1.807, 2.05) is 0 Å². The largest absolute Gasteiger partial charge is 0.481 e. The summed E-state index contributed by atoms with van der Waals surface area (Å²) in [7, 11) is 1.53. The van der Waals surface area contributed by atoms with E-state index in [0.717, 1.165) is 0 Å². The third-order valence-corrected chi connectivity index (χ3v) is 5.72. The minimum atomic E-state index is -0.542. The molecular weight excluding hydrogens is 455 g/mol. The molecule has 5 heterocycles. The number of carbonyl (C=O) groups is 1. The fourth-order valence-electron chi connectivity index (χ4n) is 4.03. The number of hydrogen-bond acceptors (Lipinski definition) is 8. The van der Waals surface area contributed by atoms with Gasteiger partial charge in [0.25, 0.3) is 0 Å². The SMILES string of the molecule is COc1cccc(C2COC(=O)N2c2ccn3ncc(-c4ccc(-c5ncn[nH]5)c(F)c4)c3n2)n1. The number of nitrogens with one attached hydrogen (secondary N) is 1. The molecule has 11 nitrogen and oxygen atoms in total. The van der Waals surface area contributed by atoms with E-state index in [2.05, 4.69) is 30.2 Å². The Labute approximate surface area is 197 Å². The van der Waals surface area contributed by atoms with Crippen LogP contribution >= 0.6 is 0 Å². The van der Waals surface area contributed by atoms with E-state index in [1.54, 1.807) is 53.3 Å². The molecule has 0 bridgehead atoms. The number of halogens is 1. The molecule has 1 atom stereocenters. The first-order chi connectivity index (χ1) is 17.1. The van der Waals surface area contributed by atoms with Crippen LogP contribution in [0.2, 0.25) is 0 Å². The number of carbonyl (C=O) groups excluding carboxylic acids is 1. The van der Waals surface area contributed by atoms with Crippen molar-refractivity contribution in [1.29, 1.82) is 0 Å². The molecule has 4 aromatic heterocycles. The molecule has 1 N–H and O–H groups in total. The van der Waals surface area contributed by atoms with E-state index in [-0.39, 0.29) is 6.61 Å². The summed E-state index contributed by atoms with van der Waals surface area (Å²) < 4.78 is 26.9. The van der Waals surface area contributed by atoms with Crippen molar-refractivity contribution in [3.63, 3.8) is 0 Å². The van der Waals surface area contributed by atoms with Crippen LogP contribution < -0.4 is 9.64 Å². The van der Waals surface area contributed by atoms with E-state index in [4.69, 9.17) is 9.47 Å². The van der Waals surface area contributed by atoms with Crippen molar-refractivity contribution in [2.45, 2.75) is 6.04 Å². The number of nitrogens with zero attached hydrogens (tertiary/aromatic N) is 7. The number of benzene rings is 1. The topological polar surface area (TPSA) is 123 Å². The lowest BCUT2D eigenvalue weighted by Gasteiger charge is -2.20. The van der Waals surface area contributed by atoms with Crippen molar-refractivity contribution in [3.05, 3.63) is 72.7 Å². The number of aromatic amines is 1. The molecular formula is C23H17FN8O3. The highest BCUT2D eigenvalue weighted by Gasteiger charge is 2.37. The van der Waals surface area contributed by atoms with Crippen molar-refractivity contribution >= 4 is 17.6 Å². The molecule has 35 heavy (non-hydrogen) atoms. The summed E-state index contributed by atoms with van der Waals surface area (Å²) in [6.45, 7) is 0.117. The van der Waals surface area contributed by atoms with Gasteiger partial charge in [-0.15, -0.1) is 0 Å². The second kappa shape index (κ2) is 8.17. The zero-order valence-electron chi connectivity index (χ0n) is 18.3. The summed E-state index contributed by atoms with van der Waals surface area (Å²) in [5.74, 6) is 0.648. The van der Waals surface area contributed by atoms with Crippen LogP contribution in [0.4, 0.5) is 15.0 Å². The first-order valence-corrected chi connectivity index (χ1v) is 10.6. The van der Waals surface area contributed by atoms with Crippen LogP contribution in [0.25, 0.3) is 28.2 Å². The predicted octanol–water partition coefficient (Wildman–Crippen LogP) is 3.42. The average Bonchev–Trinajstić information content (AvgIpc) is 3.63. The zero-order valence-corrected chi connectivity index (χ0v) is 18.3. The number of ether oxygens (including phenoxy) is 2. The van der Waals surface area contributed by atoms with E-state index in [1.165, 1.54) is 24.4 Å². The summed E-state index contributed by atoms with van der Waals surface area (Å²) in [5, 5.41) is 10.7. The number of anilines is 1. The quantitative estimate of drug-likeness (QED) is 0.413. The second-order valence-electron chi connectivity index (χ2n) is 7.71. The maximum absolute atomic E-state index is 14.9. The molecule has 0 saturated carbocycles. The van der Waals surface area contributed by atoms with Gasteiger partial charge >= 0.3 is 6.09 Å². The van der Waals surface area contributed by atoms with E-state index in [0.29, 0.717) is 45.6 Å². The highest BCUT2D eigenvalue weighted by atomic mass is 19.1. The number of fused-ring (bicyclic) bond motifs is 1. The normalized spacial score (nSPS) is 15.5. The number of rotatable bonds is 5. The number of pyridine rings is 1. The van der Waals surface area contributed by atoms with Crippen molar-refractivity contribution in [2.75, 3.05) is 18.6 Å². The van der Waals surface area contributed by atoms with Crippen molar-refractivity contribution in [2.24, 2.45) is 0 Å². The van der Waals surface area contributed by atoms with Crippen molar-refractivity contribution in [1.82, 2.24) is 34.8 Å². The molecule has 1 fully saturated rings. The molecule has 1 aliphatic heterocycles. The Morgan fingerprint density at radius 1 is 1.17 bits per heavy atom. The number of hydrogen-bond donors (Lipinski definition) is 1. The molecule has 5 aromatic rings. The lowest BCUT2D eigenvalue weighted by atomic mass is 10.1. The van der Waals surface area contributed by atoms with Crippen LogP contribution in [0.3, 0.4) is 0 Å². The fraction of sp³-hybridized carbons (Fsp3) is 0.130. The minimum Gasteiger partial charge on any atom is -0.481 e. The Bertz CT molecular complexity index is 1550. The Hall–Kier alpha value is -4.87. The monoisotopic (exact) mass is 472 g/mol. The lowest BCUT2D eigenvalue weighted by molar-refractivity contribution is 0.178. The lowest BCUT2D eigenvalue weighted by Crippen LogP contribution is -2.28. The summed E-state index contributed by atoms with van der Waals surface area (Å²) in [6.07, 6.45) is 4.05. The first kappa shape index (κ1) is 20.7. The molecule has 1 amide bonds. The van der Waals surface area contributed by atoms with E-state index in [9.17, 15) is 9.18 Å². The molecule has 1 unspecified atom stereocenters. The Morgan fingerprint density at radius 3 is 2.89 bits per heavy atom. The van der Waals surface area contributed by atoms with Gasteiger partial charge in [0.15, 0.2) is 11.5 Å². The summed E-state index contributed by atoms with van der Waals surface area (Å²) >= 11 is 0. The van der Waals surface area contributed by atoms with Gasteiger partial charge in [0.1, 0.15) is 30.6 Å². The molecule has 12 heteroatoms. The summed E-state index contributed by atoms with van der Waals surface area (Å²) in [4.78, 5) is 27.2. The number of cyclic esters (lactones) is 1. The molecule has 6 rings (SSSR count). The molecule has 0 spiro atoms. The smallest absolute Gasteiger partial charge is 0.416 e. The van der Waals surface area contributed by atoms with Gasteiger partial charge < -0.3 is 9.47 Å². The first-order valence-electron chi connectivity index (χ1n) is 10.6. The predicted molar refractivity (Wildman–Crippen MR) is 121 cm³/mol. The highest BCUT2D eigenvalue weighted by molar-refractivity contribution is 5.90. The van der Waals surface area contributed by atoms with Crippen LogP contribution in [0.1, 0.15) is 11.7 Å². The minimum absolute atomic E-state index is 0.117. The van der Waals surface area contributed by atoms with Gasteiger partial charge in [0.05, 0.1) is 24.6 Å². The van der Waals surface area contributed by atoms with Crippen LogP contribution in [0.15, 0.2) is 61.2 Å². The number of H-pyrrole nitrogens is 1. The van der Waals surface area contributed by atoms with Gasteiger partial charge in [0, 0.05) is 17.8 Å². The van der Waals surface area contributed by atoms with Crippen LogP contribution in [0, 0.1) is 5.82 Å². The fourth-order valence-corrected chi connectivity index (χ4v) is 4.03. The van der Waals surface area contributed by atoms with Gasteiger partial charge in [0.2, 0.25) is 5.88 Å². The standard InChI is InChI=1S/C23H17FN8O3/c1-34-20-4-2-3-17(28-20)18-11-35-23(33)32(18)19-7-8-31-22(29-19)15(10-27-31)13-5-6-14(16(24)9-13)21-25-12-26-30-21/h2-10,12,18H,11H2,1H3,(H,25,26,30). The molecule has 0 radical (unpaired) electrons. The highest BCUT2D eigenvalue weighted by Crippen LogP contribution is 2.34. The molecule has 1 saturated heterocycles. The maximum atomic E-state index is 14.9. The van der Waals surface area contributed by atoms with Crippen LogP contribution in [-0.2, 0) is 4.74 Å². The van der Waals surface area contributed by atoms with Gasteiger partial charge in [-0.05, 0) is 29.8 Å². The molecule has 0 aliphatic carbocycles. The molecule has 174 valence electrons. The molecule has 1 aliphatic rings. The zero-order chi connectivity index (χ0) is 23.9. The number of amides is 1. The third-order valence-electron chi connectivity index (χ3n) is 5.72. The van der Waals surface area contributed by atoms with Crippen LogP contribution in [0.5, 0.6) is 5.88 Å². The van der Waals surface area contributed by atoms with Gasteiger partial charge in [-0.3, -0.25) is 5.10 Å². The third kappa shape index (κ3) is 3.51. The second-order valence-corrected chi connectivity index (χ2v) is 7.71. The summed E-state index contributed by atoms with van der Waals surface area (Å²) in [5.41, 5.74) is 2.52. The van der Waals surface area contributed by atoms with Crippen molar-refractivity contribution in [3.8, 4) is 28.4 Å². The Balaban J connectivity index is 1.40. The van der Waals surface area contributed by atoms with Gasteiger partial charge in [-0.2, -0.15) is 10.2 Å². The average molecular weight is 472 g/mol. The molecule has 1 aromatic carbocycles. The summed E-state index contributed by atoms with van der Waals surface area (Å²) in [6, 6.07) is 11.2. The maximum Gasteiger partial charge on any atom is 0.416 e. The van der Waals surface area contributed by atoms with Gasteiger partial charge in [-0.25, -0.2) is 33.6 Å². The van der Waals surface area contributed by atoms with Gasteiger partial charge in [-0.1, -0.05) is 12.1 Å². The Morgan fingerprint density at radius 2 is 2.09 bits per heavy atom. The number of aromatic nitrogens is 7. The van der Waals surface area contributed by atoms with E-state index >= 15 is 0 Å². The van der Waals surface area contributed by atoms with E-state index < -0.39 is 18.0 Å². The van der Waals surface area contributed by atoms with Crippen molar-refractivity contribution < 1.29 is 18.7 Å². The van der Waals surface area contributed by atoms with Crippen LogP contribution in [-0.4, -0.2) is 54.6 Å². The number of methoxy groups -OCH3 is 1. The Kier molecular flexibility index (Phi) is 4.83.